The Balaban J connectivity index is 1.83. The van der Waals surface area contributed by atoms with E-state index in [9.17, 15) is 4.79 Å². The number of carbonyl (C=O) groups excluding carboxylic acids is 1. The van der Waals surface area contributed by atoms with Crippen LogP contribution >= 0.6 is 23.1 Å². The maximum absolute atomic E-state index is 11.7. The van der Waals surface area contributed by atoms with Gasteiger partial charge in [0.15, 0.2) is 4.34 Å². The number of benzene rings is 1. The summed E-state index contributed by atoms with van der Waals surface area (Å²) in [6.45, 7) is 2.68. The molecule has 2 N–H and O–H groups in total. The zero-order valence-corrected chi connectivity index (χ0v) is 12.6. The Kier molecular flexibility index (Phi) is 5.18. The van der Waals surface area contributed by atoms with Crippen LogP contribution < -0.4 is 10.6 Å². The largest absolute Gasteiger partial charge is 0.354 e. The van der Waals surface area contributed by atoms with E-state index in [0.29, 0.717) is 12.3 Å². The van der Waals surface area contributed by atoms with Crippen LogP contribution in [0.3, 0.4) is 0 Å². The molecule has 1 heterocycles. The lowest BCUT2D eigenvalue weighted by molar-refractivity contribution is -0.118. The smallest absolute Gasteiger partial charge is 0.230 e. The summed E-state index contributed by atoms with van der Waals surface area (Å²) < 4.78 is 2.10. The van der Waals surface area contributed by atoms with Gasteiger partial charge in [0.05, 0.1) is 16.0 Å². The second kappa shape index (κ2) is 6.88. The summed E-state index contributed by atoms with van der Waals surface area (Å²) in [5, 5.41) is 5.97. The second-order valence-electron chi connectivity index (χ2n) is 4.23. The summed E-state index contributed by atoms with van der Waals surface area (Å²) in [5.41, 5.74) is 0.999. The molecular weight excluding hydrogens is 278 g/mol. The van der Waals surface area contributed by atoms with E-state index in [1.165, 1.54) is 11.8 Å². The van der Waals surface area contributed by atoms with Crippen molar-refractivity contribution in [3.05, 3.63) is 24.3 Å². The van der Waals surface area contributed by atoms with Crippen LogP contribution in [0.2, 0.25) is 0 Å². The van der Waals surface area contributed by atoms with Gasteiger partial charge in [-0.25, -0.2) is 4.98 Å². The Hall–Kier alpha value is -1.11. The standard InChI is InChI=1S/C13H17N3OS2/c1-9(14-2)7-15-12(17)8-18-13-16-10-5-3-4-6-11(10)19-13/h3-6,9,14H,7-8H2,1-2H3,(H,15,17). The fourth-order valence-corrected chi connectivity index (χ4v) is 3.36. The van der Waals surface area contributed by atoms with Crippen molar-refractivity contribution in [2.24, 2.45) is 0 Å². The van der Waals surface area contributed by atoms with Crippen LogP contribution in [-0.4, -0.2) is 36.3 Å². The highest BCUT2D eigenvalue weighted by molar-refractivity contribution is 8.01. The van der Waals surface area contributed by atoms with Gasteiger partial charge in [-0.2, -0.15) is 0 Å². The number of fused-ring (bicyclic) bond motifs is 1. The molecular formula is C13H17N3OS2. The molecule has 0 saturated carbocycles. The van der Waals surface area contributed by atoms with Crippen molar-refractivity contribution in [2.45, 2.75) is 17.3 Å². The lowest BCUT2D eigenvalue weighted by Crippen LogP contribution is -2.37. The minimum Gasteiger partial charge on any atom is -0.354 e. The summed E-state index contributed by atoms with van der Waals surface area (Å²) in [6, 6.07) is 8.30. The molecule has 1 aromatic heterocycles. The summed E-state index contributed by atoms with van der Waals surface area (Å²) in [4.78, 5) is 16.2. The predicted molar refractivity (Wildman–Crippen MR) is 81.9 cm³/mol. The van der Waals surface area contributed by atoms with Crippen molar-refractivity contribution < 1.29 is 4.79 Å². The Morgan fingerprint density at radius 1 is 1.47 bits per heavy atom. The number of nitrogens with one attached hydrogen (secondary N) is 2. The van der Waals surface area contributed by atoms with E-state index in [4.69, 9.17) is 0 Å². The zero-order chi connectivity index (χ0) is 13.7. The van der Waals surface area contributed by atoms with Gasteiger partial charge in [0.25, 0.3) is 0 Å². The first-order chi connectivity index (χ1) is 9.19. The second-order valence-corrected chi connectivity index (χ2v) is 6.48. The zero-order valence-electron chi connectivity index (χ0n) is 11.0. The average molecular weight is 295 g/mol. The molecule has 4 nitrogen and oxygen atoms in total. The third-order valence-corrected chi connectivity index (χ3v) is 4.88. The van der Waals surface area contributed by atoms with Crippen molar-refractivity contribution in [1.29, 1.82) is 0 Å². The van der Waals surface area contributed by atoms with Crippen LogP contribution in [-0.2, 0) is 4.79 Å². The van der Waals surface area contributed by atoms with Crippen molar-refractivity contribution >= 4 is 39.2 Å². The number of thiazole rings is 1. The average Bonchev–Trinajstić information content (AvgIpc) is 2.85. The molecule has 2 rings (SSSR count). The molecule has 6 heteroatoms. The number of rotatable bonds is 6. The molecule has 1 aromatic carbocycles. The monoisotopic (exact) mass is 295 g/mol. The van der Waals surface area contributed by atoms with Gasteiger partial charge in [-0.15, -0.1) is 11.3 Å². The van der Waals surface area contributed by atoms with Gasteiger partial charge in [0.2, 0.25) is 5.91 Å². The number of hydrogen-bond donors (Lipinski definition) is 2. The molecule has 0 aliphatic heterocycles. The molecule has 0 radical (unpaired) electrons. The van der Waals surface area contributed by atoms with E-state index >= 15 is 0 Å². The first-order valence-electron chi connectivity index (χ1n) is 6.11. The fourth-order valence-electron chi connectivity index (χ4n) is 1.46. The van der Waals surface area contributed by atoms with Gasteiger partial charge < -0.3 is 10.6 Å². The Bertz CT molecular complexity index is 523. The molecule has 0 aliphatic rings. The highest BCUT2D eigenvalue weighted by atomic mass is 32.2. The molecule has 0 saturated heterocycles. The van der Waals surface area contributed by atoms with E-state index in [0.717, 1.165) is 14.6 Å². The molecule has 19 heavy (non-hydrogen) atoms. The van der Waals surface area contributed by atoms with Gasteiger partial charge in [0, 0.05) is 12.6 Å². The topological polar surface area (TPSA) is 54.0 Å². The quantitative estimate of drug-likeness (QED) is 0.802. The molecule has 0 aliphatic carbocycles. The van der Waals surface area contributed by atoms with Gasteiger partial charge >= 0.3 is 0 Å². The highest BCUT2D eigenvalue weighted by Crippen LogP contribution is 2.28. The lowest BCUT2D eigenvalue weighted by atomic mass is 10.3. The van der Waals surface area contributed by atoms with E-state index < -0.39 is 0 Å². The number of thioether (sulfide) groups is 1. The number of hydrogen-bond acceptors (Lipinski definition) is 5. The van der Waals surface area contributed by atoms with Gasteiger partial charge in [0.1, 0.15) is 0 Å². The first kappa shape index (κ1) is 14.3. The molecule has 0 fully saturated rings. The van der Waals surface area contributed by atoms with Crippen molar-refractivity contribution in [1.82, 2.24) is 15.6 Å². The van der Waals surface area contributed by atoms with Gasteiger partial charge in [-0.05, 0) is 26.1 Å². The Morgan fingerprint density at radius 3 is 3.00 bits per heavy atom. The molecule has 2 aromatic rings. The van der Waals surface area contributed by atoms with Crippen molar-refractivity contribution in [3.8, 4) is 0 Å². The van der Waals surface area contributed by atoms with Crippen LogP contribution in [0.5, 0.6) is 0 Å². The summed E-state index contributed by atoms with van der Waals surface area (Å²) in [5.74, 6) is 0.461. The number of likely N-dealkylation sites (N-methyl/N-ethyl adjacent to an activating group) is 1. The Morgan fingerprint density at radius 2 is 2.26 bits per heavy atom. The summed E-state index contributed by atoms with van der Waals surface area (Å²) in [6.07, 6.45) is 0. The van der Waals surface area contributed by atoms with Crippen molar-refractivity contribution in [3.63, 3.8) is 0 Å². The van der Waals surface area contributed by atoms with E-state index in [1.54, 1.807) is 11.3 Å². The third kappa shape index (κ3) is 4.19. The first-order valence-corrected chi connectivity index (χ1v) is 7.91. The van der Waals surface area contributed by atoms with Crippen LogP contribution in [0, 0.1) is 0 Å². The minimum atomic E-state index is 0.0476. The number of nitrogens with zero attached hydrogens (tertiary/aromatic N) is 1. The van der Waals surface area contributed by atoms with Crippen LogP contribution in [0.1, 0.15) is 6.92 Å². The lowest BCUT2D eigenvalue weighted by Gasteiger charge is -2.10. The molecule has 0 bridgehead atoms. The third-order valence-electron chi connectivity index (χ3n) is 2.70. The SMILES string of the molecule is CNC(C)CNC(=O)CSc1nc2ccccc2s1. The number of carbonyl (C=O) groups is 1. The molecule has 1 unspecified atom stereocenters. The van der Waals surface area contributed by atoms with Gasteiger partial charge in [-0.1, -0.05) is 23.9 Å². The molecule has 1 atom stereocenters. The van der Waals surface area contributed by atoms with Crippen LogP contribution in [0.25, 0.3) is 10.2 Å². The van der Waals surface area contributed by atoms with E-state index in [2.05, 4.69) is 15.6 Å². The van der Waals surface area contributed by atoms with Crippen LogP contribution in [0.15, 0.2) is 28.6 Å². The maximum atomic E-state index is 11.7. The predicted octanol–water partition coefficient (Wildman–Crippen LogP) is 2.11. The van der Waals surface area contributed by atoms with Gasteiger partial charge in [-0.3, -0.25) is 4.79 Å². The summed E-state index contributed by atoms with van der Waals surface area (Å²) in [7, 11) is 1.88. The minimum absolute atomic E-state index is 0.0476. The number of aromatic nitrogens is 1. The van der Waals surface area contributed by atoms with E-state index in [1.807, 2.05) is 38.2 Å². The summed E-state index contributed by atoms with van der Waals surface area (Å²) >= 11 is 3.12. The number of para-hydroxylation sites is 1. The normalized spacial score (nSPS) is 12.5. The van der Waals surface area contributed by atoms with E-state index in [-0.39, 0.29) is 11.9 Å². The number of amides is 1. The Labute approximate surface area is 121 Å². The maximum Gasteiger partial charge on any atom is 0.230 e. The fraction of sp³-hybridized carbons (Fsp3) is 0.385. The molecule has 1 amide bonds. The van der Waals surface area contributed by atoms with Crippen molar-refractivity contribution in [2.75, 3.05) is 19.3 Å². The molecule has 0 spiro atoms. The van der Waals surface area contributed by atoms with Crippen LogP contribution in [0.4, 0.5) is 0 Å². The molecule has 102 valence electrons. The highest BCUT2D eigenvalue weighted by Gasteiger charge is 2.08.